The van der Waals surface area contributed by atoms with Gasteiger partial charge in [-0.3, -0.25) is 9.59 Å². The molecule has 2 heterocycles. The van der Waals surface area contributed by atoms with Gasteiger partial charge in [-0.05, 0) is 30.3 Å². The van der Waals surface area contributed by atoms with Gasteiger partial charge >= 0.3 is 0 Å². The second-order valence-corrected chi connectivity index (χ2v) is 7.59. The highest BCUT2D eigenvalue weighted by Gasteiger charge is 2.32. The number of nitrogens with zero attached hydrogens (tertiary/aromatic N) is 1. The van der Waals surface area contributed by atoms with Crippen LogP contribution in [0.4, 0.5) is 5.69 Å². The molecule has 1 fully saturated rings. The molecule has 5 rings (SSSR count). The summed E-state index contributed by atoms with van der Waals surface area (Å²) in [7, 11) is 0. The molecule has 3 aromatic rings. The number of ether oxygens (including phenoxy) is 2. The van der Waals surface area contributed by atoms with Gasteiger partial charge in [0.1, 0.15) is 11.5 Å². The third kappa shape index (κ3) is 3.78. The maximum atomic E-state index is 13.4. The van der Waals surface area contributed by atoms with Crippen molar-refractivity contribution in [2.45, 2.75) is 5.92 Å². The molecule has 0 spiro atoms. The Balaban J connectivity index is 1.42. The van der Waals surface area contributed by atoms with Gasteiger partial charge in [-0.2, -0.15) is 0 Å². The first-order valence-electron chi connectivity index (χ1n) is 10.3. The number of fused-ring (bicyclic) bond motifs is 2. The number of anilines is 1. The molecule has 1 saturated heterocycles. The SMILES string of the molecule is O=C(Nc1cccc(C(=O)N2CCOCC2)c1)C1c2ccccc2Oc2ccccc21. The summed E-state index contributed by atoms with van der Waals surface area (Å²) >= 11 is 0. The second kappa shape index (κ2) is 8.24. The number of hydrogen-bond donors (Lipinski definition) is 1. The Morgan fingerprint density at radius 3 is 2.16 bits per heavy atom. The van der Waals surface area contributed by atoms with E-state index >= 15 is 0 Å². The highest BCUT2D eigenvalue weighted by atomic mass is 16.5. The number of morpholine rings is 1. The lowest BCUT2D eigenvalue weighted by Gasteiger charge is -2.28. The van der Waals surface area contributed by atoms with Crippen LogP contribution in [0.1, 0.15) is 27.4 Å². The van der Waals surface area contributed by atoms with Gasteiger partial charge in [0.15, 0.2) is 0 Å². The Bertz CT molecular complexity index is 1090. The Morgan fingerprint density at radius 1 is 0.839 bits per heavy atom. The highest BCUT2D eigenvalue weighted by Crippen LogP contribution is 2.44. The minimum absolute atomic E-state index is 0.0545. The van der Waals surface area contributed by atoms with Crippen molar-refractivity contribution in [1.29, 1.82) is 0 Å². The first kappa shape index (κ1) is 19.3. The summed E-state index contributed by atoms with van der Waals surface area (Å²) in [6.45, 7) is 2.24. The molecule has 0 atom stereocenters. The van der Waals surface area contributed by atoms with Gasteiger partial charge in [-0.1, -0.05) is 42.5 Å². The lowest BCUT2D eigenvalue weighted by atomic mass is 9.87. The topological polar surface area (TPSA) is 67.9 Å². The van der Waals surface area contributed by atoms with Crippen LogP contribution in [0.25, 0.3) is 0 Å². The number of amides is 2. The van der Waals surface area contributed by atoms with Crippen molar-refractivity contribution >= 4 is 17.5 Å². The molecule has 0 aromatic heterocycles. The monoisotopic (exact) mass is 414 g/mol. The number of carbonyl (C=O) groups is 2. The summed E-state index contributed by atoms with van der Waals surface area (Å²) in [6, 6.07) is 22.2. The van der Waals surface area contributed by atoms with E-state index in [4.69, 9.17) is 9.47 Å². The van der Waals surface area contributed by atoms with Gasteiger partial charge in [0, 0.05) is 35.5 Å². The fourth-order valence-corrected chi connectivity index (χ4v) is 4.09. The molecule has 2 aliphatic heterocycles. The number of carbonyl (C=O) groups excluding carboxylic acids is 2. The van der Waals surface area contributed by atoms with Crippen molar-refractivity contribution in [3.8, 4) is 11.5 Å². The minimum atomic E-state index is -0.500. The third-order valence-corrected chi connectivity index (χ3v) is 5.62. The van der Waals surface area contributed by atoms with E-state index in [9.17, 15) is 9.59 Å². The van der Waals surface area contributed by atoms with Crippen LogP contribution in [0.3, 0.4) is 0 Å². The molecule has 0 bridgehead atoms. The van der Waals surface area contributed by atoms with Gasteiger partial charge in [-0.25, -0.2) is 0 Å². The van der Waals surface area contributed by atoms with Crippen molar-refractivity contribution in [2.75, 3.05) is 31.6 Å². The Hall–Kier alpha value is -3.64. The predicted octanol–water partition coefficient (Wildman–Crippen LogP) is 4.04. The average Bonchev–Trinajstić information content (AvgIpc) is 2.82. The first-order chi connectivity index (χ1) is 15.2. The van der Waals surface area contributed by atoms with Crippen molar-refractivity contribution in [3.05, 3.63) is 89.5 Å². The molecule has 6 nitrogen and oxygen atoms in total. The van der Waals surface area contributed by atoms with E-state index in [1.807, 2.05) is 48.5 Å². The standard InChI is InChI=1S/C25H22N2O4/c28-24(23-19-8-1-3-10-21(19)31-22-11-4-2-9-20(22)23)26-18-7-5-6-17(16-18)25(29)27-12-14-30-15-13-27/h1-11,16,23H,12-15H2,(H,26,28). The van der Waals surface area contributed by atoms with Crippen LogP contribution in [0, 0.1) is 0 Å². The quantitative estimate of drug-likeness (QED) is 0.703. The third-order valence-electron chi connectivity index (χ3n) is 5.62. The Morgan fingerprint density at radius 2 is 1.48 bits per heavy atom. The lowest BCUT2D eigenvalue weighted by molar-refractivity contribution is -0.116. The number of benzene rings is 3. The Labute approximate surface area is 180 Å². The molecule has 6 heteroatoms. The van der Waals surface area contributed by atoms with Crippen LogP contribution in [0.15, 0.2) is 72.8 Å². The molecule has 0 saturated carbocycles. The zero-order chi connectivity index (χ0) is 21.2. The second-order valence-electron chi connectivity index (χ2n) is 7.59. The molecule has 31 heavy (non-hydrogen) atoms. The van der Waals surface area contributed by atoms with Crippen LogP contribution in [-0.4, -0.2) is 43.0 Å². The van der Waals surface area contributed by atoms with Gasteiger partial charge in [0.2, 0.25) is 5.91 Å². The van der Waals surface area contributed by atoms with E-state index in [0.717, 1.165) is 11.1 Å². The molecular weight excluding hydrogens is 392 g/mol. The van der Waals surface area contributed by atoms with Gasteiger partial charge in [0.05, 0.1) is 19.1 Å². The molecule has 3 aromatic carbocycles. The smallest absolute Gasteiger partial charge is 0.254 e. The van der Waals surface area contributed by atoms with Crippen molar-refractivity contribution < 1.29 is 19.1 Å². The normalized spacial score (nSPS) is 15.4. The molecule has 156 valence electrons. The zero-order valence-electron chi connectivity index (χ0n) is 16.9. The summed E-state index contributed by atoms with van der Waals surface area (Å²) in [5, 5.41) is 3.00. The van der Waals surface area contributed by atoms with E-state index in [2.05, 4.69) is 5.32 Å². The van der Waals surface area contributed by atoms with Crippen LogP contribution in [0.5, 0.6) is 11.5 Å². The molecule has 0 unspecified atom stereocenters. The molecular formula is C25H22N2O4. The van der Waals surface area contributed by atoms with Crippen molar-refractivity contribution in [1.82, 2.24) is 4.90 Å². The largest absolute Gasteiger partial charge is 0.457 e. The molecule has 1 N–H and O–H groups in total. The zero-order valence-corrected chi connectivity index (χ0v) is 16.9. The molecule has 0 aliphatic carbocycles. The summed E-state index contributed by atoms with van der Waals surface area (Å²) < 4.78 is 11.3. The fourth-order valence-electron chi connectivity index (χ4n) is 4.09. The maximum Gasteiger partial charge on any atom is 0.254 e. The molecule has 2 amide bonds. The van der Waals surface area contributed by atoms with Crippen LogP contribution < -0.4 is 10.1 Å². The van der Waals surface area contributed by atoms with Crippen molar-refractivity contribution in [3.63, 3.8) is 0 Å². The fraction of sp³-hybridized carbons (Fsp3) is 0.200. The van der Waals surface area contributed by atoms with Gasteiger partial charge < -0.3 is 19.7 Å². The van der Waals surface area contributed by atoms with Crippen molar-refractivity contribution in [2.24, 2.45) is 0 Å². The summed E-state index contributed by atoms with van der Waals surface area (Å²) in [5.74, 6) is 0.635. The number of para-hydroxylation sites is 2. The lowest BCUT2D eigenvalue weighted by Crippen LogP contribution is -2.40. The van der Waals surface area contributed by atoms with Gasteiger partial charge in [0.25, 0.3) is 5.91 Å². The summed E-state index contributed by atoms with van der Waals surface area (Å²) in [6.07, 6.45) is 0. The highest BCUT2D eigenvalue weighted by molar-refractivity contribution is 6.01. The van der Waals surface area contributed by atoms with E-state index in [0.29, 0.717) is 49.1 Å². The average molecular weight is 414 g/mol. The number of nitrogens with one attached hydrogen (secondary N) is 1. The summed E-state index contributed by atoms with van der Waals surface area (Å²) in [4.78, 5) is 28.0. The van der Waals surface area contributed by atoms with Crippen LogP contribution in [-0.2, 0) is 9.53 Å². The summed E-state index contributed by atoms with van der Waals surface area (Å²) in [5.41, 5.74) is 2.77. The van der Waals surface area contributed by atoms with E-state index in [1.165, 1.54) is 0 Å². The number of hydrogen-bond acceptors (Lipinski definition) is 4. The number of rotatable bonds is 3. The molecule has 2 aliphatic rings. The van der Waals surface area contributed by atoms with E-state index in [-0.39, 0.29) is 11.8 Å². The van der Waals surface area contributed by atoms with Crippen LogP contribution in [0.2, 0.25) is 0 Å². The Kier molecular flexibility index (Phi) is 5.14. The minimum Gasteiger partial charge on any atom is -0.457 e. The first-order valence-corrected chi connectivity index (χ1v) is 10.3. The molecule has 0 radical (unpaired) electrons. The van der Waals surface area contributed by atoms with E-state index in [1.54, 1.807) is 29.2 Å². The maximum absolute atomic E-state index is 13.4. The van der Waals surface area contributed by atoms with Gasteiger partial charge in [-0.15, -0.1) is 0 Å². The van der Waals surface area contributed by atoms with E-state index < -0.39 is 5.92 Å². The van der Waals surface area contributed by atoms with Crippen LogP contribution >= 0.6 is 0 Å². The predicted molar refractivity (Wildman–Crippen MR) is 117 cm³/mol.